The predicted molar refractivity (Wildman–Crippen MR) is 81.7 cm³/mol. The van der Waals surface area contributed by atoms with Gasteiger partial charge in [-0.25, -0.2) is 9.97 Å². The summed E-state index contributed by atoms with van der Waals surface area (Å²) in [7, 11) is 0. The summed E-state index contributed by atoms with van der Waals surface area (Å²) >= 11 is 0. The molecule has 2 aliphatic rings. The maximum atomic E-state index is 5.96. The standard InChI is InChI=1S/C16H20N4/c17-12-6-7-14-13(9-12)16(19-10-18-14)20-8-2-4-11-3-1-5-15(11)20/h6-7,9-11,15H,1-5,8,17H2. The maximum absolute atomic E-state index is 5.96. The van der Waals surface area contributed by atoms with Gasteiger partial charge in [0.2, 0.25) is 0 Å². The Balaban J connectivity index is 1.82. The minimum atomic E-state index is 0.670. The van der Waals surface area contributed by atoms with E-state index in [2.05, 4.69) is 14.9 Å². The number of nitrogen functional groups attached to an aromatic ring is 1. The molecule has 1 aliphatic carbocycles. The molecule has 1 aliphatic heterocycles. The SMILES string of the molecule is Nc1ccc2ncnc(N3CCCC4CCCC43)c2c1. The highest BCUT2D eigenvalue weighted by Gasteiger charge is 2.36. The summed E-state index contributed by atoms with van der Waals surface area (Å²) < 4.78 is 0. The quantitative estimate of drug-likeness (QED) is 0.808. The van der Waals surface area contributed by atoms with Crippen LogP contribution in [-0.2, 0) is 0 Å². The third-order valence-corrected chi connectivity index (χ3v) is 4.90. The second-order valence-electron chi connectivity index (χ2n) is 6.07. The molecule has 0 bridgehead atoms. The number of nitrogens with two attached hydrogens (primary N) is 1. The molecule has 2 heterocycles. The van der Waals surface area contributed by atoms with Crippen LogP contribution in [0.1, 0.15) is 32.1 Å². The van der Waals surface area contributed by atoms with Gasteiger partial charge in [-0.3, -0.25) is 0 Å². The van der Waals surface area contributed by atoms with Crippen molar-refractivity contribution in [1.29, 1.82) is 0 Å². The van der Waals surface area contributed by atoms with E-state index in [0.717, 1.165) is 34.9 Å². The van der Waals surface area contributed by atoms with Crippen molar-refractivity contribution in [2.24, 2.45) is 5.92 Å². The molecule has 20 heavy (non-hydrogen) atoms. The van der Waals surface area contributed by atoms with Crippen molar-refractivity contribution < 1.29 is 0 Å². The second-order valence-corrected chi connectivity index (χ2v) is 6.07. The number of fused-ring (bicyclic) bond motifs is 2. The van der Waals surface area contributed by atoms with Crippen molar-refractivity contribution in [3.8, 4) is 0 Å². The van der Waals surface area contributed by atoms with Gasteiger partial charge in [-0.15, -0.1) is 0 Å². The Bertz CT molecular complexity index is 639. The van der Waals surface area contributed by atoms with Gasteiger partial charge in [-0.1, -0.05) is 6.42 Å². The number of nitrogens with zero attached hydrogens (tertiary/aromatic N) is 3. The first kappa shape index (κ1) is 11.9. The first-order valence-corrected chi connectivity index (χ1v) is 7.60. The zero-order valence-electron chi connectivity index (χ0n) is 11.6. The fraction of sp³-hybridized carbons (Fsp3) is 0.500. The van der Waals surface area contributed by atoms with Crippen molar-refractivity contribution in [3.63, 3.8) is 0 Å². The van der Waals surface area contributed by atoms with Crippen molar-refractivity contribution >= 4 is 22.4 Å². The molecule has 2 N–H and O–H groups in total. The summed E-state index contributed by atoms with van der Waals surface area (Å²) in [5.41, 5.74) is 7.73. The molecule has 1 saturated heterocycles. The second kappa shape index (κ2) is 4.62. The normalized spacial score (nSPS) is 25.9. The molecule has 4 heteroatoms. The number of aromatic nitrogens is 2. The molecule has 2 unspecified atom stereocenters. The molecule has 1 aromatic carbocycles. The Labute approximate surface area is 119 Å². The number of anilines is 2. The first-order chi connectivity index (χ1) is 9.83. The van der Waals surface area contributed by atoms with Crippen LogP contribution in [0.2, 0.25) is 0 Å². The highest BCUT2D eigenvalue weighted by atomic mass is 15.2. The zero-order chi connectivity index (χ0) is 13.5. The van der Waals surface area contributed by atoms with Gasteiger partial charge in [0.1, 0.15) is 12.1 Å². The first-order valence-electron chi connectivity index (χ1n) is 7.60. The van der Waals surface area contributed by atoms with Crippen LogP contribution in [0.4, 0.5) is 11.5 Å². The lowest BCUT2D eigenvalue weighted by atomic mass is 9.92. The van der Waals surface area contributed by atoms with E-state index in [9.17, 15) is 0 Å². The van der Waals surface area contributed by atoms with Crippen LogP contribution in [0.3, 0.4) is 0 Å². The number of rotatable bonds is 1. The number of piperidine rings is 1. The lowest BCUT2D eigenvalue weighted by molar-refractivity contribution is 0.361. The van der Waals surface area contributed by atoms with Crippen LogP contribution in [0, 0.1) is 5.92 Å². The van der Waals surface area contributed by atoms with Crippen molar-refractivity contribution in [2.45, 2.75) is 38.1 Å². The van der Waals surface area contributed by atoms with Gasteiger partial charge in [-0.2, -0.15) is 0 Å². The molecule has 0 radical (unpaired) electrons. The molecule has 2 atom stereocenters. The summed E-state index contributed by atoms with van der Waals surface area (Å²) in [5, 5.41) is 1.10. The fourth-order valence-corrected chi connectivity index (χ4v) is 4.01. The van der Waals surface area contributed by atoms with E-state index in [1.807, 2.05) is 18.2 Å². The van der Waals surface area contributed by atoms with Crippen LogP contribution in [-0.4, -0.2) is 22.6 Å². The van der Waals surface area contributed by atoms with Gasteiger partial charge in [0, 0.05) is 23.7 Å². The highest BCUT2D eigenvalue weighted by Crippen LogP contribution is 2.40. The fourth-order valence-electron chi connectivity index (χ4n) is 4.01. The Morgan fingerprint density at radius 2 is 2.00 bits per heavy atom. The molecule has 4 rings (SSSR count). The van der Waals surface area contributed by atoms with Gasteiger partial charge >= 0.3 is 0 Å². The van der Waals surface area contributed by atoms with Gasteiger partial charge in [0.15, 0.2) is 0 Å². The van der Waals surface area contributed by atoms with E-state index in [0.29, 0.717) is 6.04 Å². The molecular formula is C16H20N4. The van der Waals surface area contributed by atoms with Gasteiger partial charge < -0.3 is 10.6 Å². The topological polar surface area (TPSA) is 55.0 Å². The molecule has 2 aromatic rings. The summed E-state index contributed by atoms with van der Waals surface area (Å²) in [6.07, 6.45) is 8.38. The summed E-state index contributed by atoms with van der Waals surface area (Å²) in [6, 6.07) is 6.59. The van der Waals surface area contributed by atoms with Gasteiger partial charge in [0.05, 0.1) is 5.52 Å². The maximum Gasteiger partial charge on any atom is 0.140 e. The third-order valence-electron chi connectivity index (χ3n) is 4.90. The molecule has 0 spiro atoms. The largest absolute Gasteiger partial charge is 0.399 e. The van der Waals surface area contributed by atoms with E-state index in [1.165, 1.54) is 32.1 Å². The lowest BCUT2D eigenvalue weighted by Gasteiger charge is -2.39. The molecular weight excluding hydrogens is 248 g/mol. The average Bonchev–Trinajstić information content (AvgIpc) is 2.95. The van der Waals surface area contributed by atoms with Crippen LogP contribution < -0.4 is 10.6 Å². The summed E-state index contributed by atoms with van der Waals surface area (Å²) in [4.78, 5) is 11.5. The minimum absolute atomic E-state index is 0.670. The van der Waals surface area contributed by atoms with Gasteiger partial charge in [0.25, 0.3) is 0 Å². The van der Waals surface area contributed by atoms with E-state index >= 15 is 0 Å². The van der Waals surface area contributed by atoms with E-state index < -0.39 is 0 Å². The van der Waals surface area contributed by atoms with Crippen LogP contribution >= 0.6 is 0 Å². The Kier molecular flexibility index (Phi) is 2.76. The molecule has 0 amide bonds. The smallest absolute Gasteiger partial charge is 0.140 e. The highest BCUT2D eigenvalue weighted by molar-refractivity contribution is 5.91. The van der Waals surface area contributed by atoms with E-state index in [4.69, 9.17) is 5.73 Å². The van der Waals surface area contributed by atoms with Crippen LogP contribution in [0.5, 0.6) is 0 Å². The molecule has 2 fully saturated rings. The van der Waals surface area contributed by atoms with Crippen LogP contribution in [0.25, 0.3) is 10.9 Å². The van der Waals surface area contributed by atoms with Crippen molar-refractivity contribution in [1.82, 2.24) is 9.97 Å². The average molecular weight is 268 g/mol. The molecule has 1 aromatic heterocycles. The van der Waals surface area contributed by atoms with E-state index in [-0.39, 0.29) is 0 Å². The molecule has 4 nitrogen and oxygen atoms in total. The molecule has 104 valence electrons. The number of benzene rings is 1. The summed E-state index contributed by atoms with van der Waals surface area (Å²) in [5.74, 6) is 1.94. The van der Waals surface area contributed by atoms with Crippen molar-refractivity contribution in [2.75, 3.05) is 17.2 Å². The monoisotopic (exact) mass is 268 g/mol. The van der Waals surface area contributed by atoms with E-state index in [1.54, 1.807) is 6.33 Å². The number of hydrogen-bond donors (Lipinski definition) is 1. The zero-order valence-corrected chi connectivity index (χ0v) is 11.6. The minimum Gasteiger partial charge on any atom is -0.399 e. The van der Waals surface area contributed by atoms with Crippen molar-refractivity contribution in [3.05, 3.63) is 24.5 Å². The predicted octanol–water partition coefficient (Wildman–Crippen LogP) is 2.98. The molecule has 1 saturated carbocycles. The third kappa shape index (κ3) is 1.82. The number of hydrogen-bond acceptors (Lipinski definition) is 4. The Hall–Kier alpha value is -1.84. The van der Waals surface area contributed by atoms with Gasteiger partial charge in [-0.05, 0) is 49.8 Å². The van der Waals surface area contributed by atoms with Crippen LogP contribution in [0.15, 0.2) is 24.5 Å². The lowest BCUT2D eigenvalue weighted by Crippen LogP contribution is -2.43. The Morgan fingerprint density at radius 3 is 2.95 bits per heavy atom. The summed E-state index contributed by atoms with van der Waals surface area (Å²) in [6.45, 7) is 1.11. The Morgan fingerprint density at radius 1 is 1.10 bits per heavy atom.